The molecule has 0 saturated carbocycles. The van der Waals surface area contributed by atoms with Crippen LogP contribution in [0.2, 0.25) is 0 Å². The van der Waals surface area contributed by atoms with Crippen LogP contribution in [0, 0.1) is 5.41 Å². The van der Waals surface area contributed by atoms with Crippen LogP contribution in [0.5, 0.6) is 0 Å². The number of thiol groups is 2. The van der Waals surface area contributed by atoms with Crippen molar-refractivity contribution < 1.29 is 29.3 Å². The first-order valence-corrected chi connectivity index (χ1v) is 7.04. The molecular formula is C11H20O6S2. The van der Waals surface area contributed by atoms with Gasteiger partial charge in [-0.05, 0) is 0 Å². The molecule has 0 aliphatic carbocycles. The SMILES string of the molecule is O=C(CCS)OCC(CO)(CO)COC(=O)CCS. The molecule has 0 aromatic rings. The van der Waals surface area contributed by atoms with Crippen molar-refractivity contribution in [2.24, 2.45) is 5.41 Å². The molecule has 0 aliphatic rings. The summed E-state index contributed by atoms with van der Waals surface area (Å²) in [4.78, 5) is 22.4. The Labute approximate surface area is 123 Å². The molecule has 0 atom stereocenters. The topological polar surface area (TPSA) is 93.1 Å². The second kappa shape index (κ2) is 10.4. The fraction of sp³-hybridized carbons (Fsp3) is 0.818. The Hall–Kier alpha value is -0.440. The van der Waals surface area contributed by atoms with E-state index < -0.39 is 30.6 Å². The minimum Gasteiger partial charge on any atom is -0.465 e. The van der Waals surface area contributed by atoms with E-state index in [9.17, 15) is 19.8 Å². The third-order valence-electron chi connectivity index (χ3n) is 2.38. The summed E-state index contributed by atoms with van der Waals surface area (Å²) in [7, 11) is 0. The Balaban J connectivity index is 4.32. The standard InChI is InChI=1S/C11H20O6S2/c12-5-11(6-13,7-16-9(14)1-3-18)8-17-10(15)2-4-19/h12-13,18-19H,1-8H2. The van der Waals surface area contributed by atoms with Crippen LogP contribution < -0.4 is 0 Å². The molecular weight excluding hydrogens is 292 g/mol. The van der Waals surface area contributed by atoms with Crippen molar-refractivity contribution in [3.05, 3.63) is 0 Å². The summed E-state index contributed by atoms with van der Waals surface area (Å²) in [5.41, 5.74) is -1.18. The number of hydrogen-bond donors (Lipinski definition) is 4. The highest BCUT2D eigenvalue weighted by Gasteiger charge is 2.32. The lowest BCUT2D eigenvalue weighted by Gasteiger charge is -2.28. The van der Waals surface area contributed by atoms with Gasteiger partial charge in [-0.1, -0.05) is 0 Å². The van der Waals surface area contributed by atoms with Crippen molar-refractivity contribution in [3.63, 3.8) is 0 Å². The second-order valence-corrected chi connectivity index (χ2v) is 4.98. The van der Waals surface area contributed by atoms with Gasteiger partial charge < -0.3 is 19.7 Å². The fourth-order valence-electron chi connectivity index (χ4n) is 1.07. The maximum Gasteiger partial charge on any atom is 0.306 e. The number of carbonyl (C=O) groups is 2. The van der Waals surface area contributed by atoms with Gasteiger partial charge in [-0.2, -0.15) is 25.3 Å². The molecule has 19 heavy (non-hydrogen) atoms. The van der Waals surface area contributed by atoms with Gasteiger partial charge >= 0.3 is 11.9 Å². The number of aliphatic hydroxyl groups is 2. The summed E-state index contributed by atoms with van der Waals surface area (Å²) < 4.78 is 9.82. The molecule has 0 aromatic heterocycles. The summed E-state index contributed by atoms with van der Waals surface area (Å²) in [6, 6.07) is 0. The molecule has 0 rings (SSSR count). The number of aliphatic hydroxyl groups excluding tert-OH is 2. The quantitative estimate of drug-likeness (QED) is 0.326. The Morgan fingerprint density at radius 2 is 1.26 bits per heavy atom. The van der Waals surface area contributed by atoms with Crippen molar-refractivity contribution in [2.75, 3.05) is 37.9 Å². The van der Waals surface area contributed by atoms with Crippen molar-refractivity contribution >= 4 is 37.2 Å². The molecule has 0 spiro atoms. The van der Waals surface area contributed by atoms with E-state index in [-0.39, 0.29) is 26.1 Å². The molecule has 2 N–H and O–H groups in total. The van der Waals surface area contributed by atoms with Gasteiger partial charge in [0.15, 0.2) is 0 Å². The summed E-state index contributed by atoms with van der Waals surface area (Å²) in [6.45, 7) is -1.38. The molecule has 0 bridgehead atoms. The number of ether oxygens (including phenoxy) is 2. The van der Waals surface area contributed by atoms with E-state index in [1.165, 1.54) is 0 Å². The van der Waals surface area contributed by atoms with E-state index in [2.05, 4.69) is 25.3 Å². The second-order valence-electron chi connectivity index (χ2n) is 4.08. The Kier molecular flexibility index (Phi) is 10.1. The zero-order valence-corrected chi connectivity index (χ0v) is 12.4. The highest BCUT2D eigenvalue weighted by atomic mass is 32.1. The molecule has 0 aliphatic heterocycles. The van der Waals surface area contributed by atoms with Gasteiger partial charge in [0, 0.05) is 11.5 Å². The first-order chi connectivity index (χ1) is 9.03. The van der Waals surface area contributed by atoms with Gasteiger partial charge in [0.25, 0.3) is 0 Å². The summed E-state index contributed by atoms with van der Waals surface area (Å²) in [5.74, 6) is -0.270. The van der Waals surface area contributed by atoms with E-state index in [4.69, 9.17) is 9.47 Å². The van der Waals surface area contributed by atoms with Crippen LogP contribution in [0.25, 0.3) is 0 Å². The molecule has 0 heterocycles. The van der Waals surface area contributed by atoms with Gasteiger partial charge in [0.2, 0.25) is 0 Å². The summed E-state index contributed by atoms with van der Waals surface area (Å²) >= 11 is 7.77. The number of hydrogen-bond acceptors (Lipinski definition) is 8. The van der Waals surface area contributed by atoms with E-state index in [1.54, 1.807) is 0 Å². The zero-order chi connectivity index (χ0) is 14.7. The van der Waals surface area contributed by atoms with Crippen molar-refractivity contribution in [2.45, 2.75) is 12.8 Å². The van der Waals surface area contributed by atoms with Gasteiger partial charge in [-0.15, -0.1) is 0 Å². The predicted octanol–water partition coefficient (Wildman–Crippen LogP) is -0.316. The molecule has 8 heteroatoms. The first kappa shape index (κ1) is 18.6. The number of carbonyl (C=O) groups excluding carboxylic acids is 2. The molecule has 0 unspecified atom stereocenters. The highest BCUT2D eigenvalue weighted by Crippen LogP contribution is 2.18. The van der Waals surface area contributed by atoms with Gasteiger partial charge in [0.05, 0.1) is 31.5 Å². The third-order valence-corrected chi connectivity index (χ3v) is 2.83. The van der Waals surface area contributed by atoms with E-state index in [1.807, 2.05) is 0 Å². The Bertz CT molecular complexity index is 256. The molecule has 0 amide bonds. The monoisotopic (exact) mass is 312 g/mol. The van der Waals surface area contributed by atoms with Gasteiger partial charge in [-0.3, -0.25) is 9.59 Å². The molecule has 112 valence electrons. The highest BCUT2D eigenvalue weighted by molar-refractivity contribution is 7.80. The average Bonchev–Trinajstić information content (AvgIpc) is 2.40. The third kappa shape index (κ3) is 7.66. The molecule has 0 aromatic carbocycles. The van der Waals surface area contributed by atoms with E-state index >= 15 is 0 Å². The van der Waals surface area contributed by atoms with Gasteiger partial charge in [-0.25, -0.2) is 0 Å². The smallest absolute Gasteiger partial charge is 0.306 e. The number of rotatable bonds is 10. The van der Waals surface area contributed by atoms with Crippen molar-refractivity contribution in [1.82, 2.24) is 0 Å². The zero-order valence-electron chi connectivity index (χ0n) is 10.6. The maximum absolute atomic E-state index is 11.2. The lowest BCUT2D eigenvalue weighted by Crippen LogP contribution is -2.41. The molecule has 0 radical (unpaired) electrons. The van der Waals surface area contributed by atoms with E-state index in [0.717, 1.165) is 0 Å². The van der Waals surface area contributed by atoms with Crippen molar-refractivity contribution in [1.29, 1.82) is 0 Å². The van der Waals surface area contributed by atoms with E-state index in [0.29, 0.717) is 11.5 Å². The van der Waals surface area contributed by atoms with Crippen LogP contribution in [-0.2, 0) is 19.1 Å². The van der Waals surface area contributed by atoms with Crippen LogP contribution >= 0.6 is 25.3 Å². The first-order valence-electron chi connectivity index (χ1n) is 5.78. The lowest BCUT2D eigenvalue weighted by molar-refractivity contribution is -0.158. The number of esters is 2. The minimum atomic E-state index is -1.18. The van der Waals surface area contributed by atoms with Crippen LogP contribution in [0.15, 0.2) is 0 Å². The molecule has 0 fully saturated rings. The Morgan fingerprint density at radius 1 is 0.895 bits per heavy atom. The van der Waals surface area contributed by atoms with Crippen LogP contribution in [-0.4, -0.2) is 60.1 Å². The lowest BCUT2D eigenvalue weighted by atomic mass is 9.92. The largest absolute Gasteiger partial charge is 0.465 e. The summed E-state index contributed by atoms with van der Waals surface area (Å²) in [6.07, 6.45) is 0.269. The molecule has 6 nitrogen and oxygen atoms in total. The maximum atomic E-state index is 11.2. The Morgan fingerprint density at radius 3 is 1.53 bits per heavy atom. The minimum absolute atomic E-state index is 0.134. The predicted molar refractivity (Wildman–Crippen MR) is 75.5 cm³/mol. The average molecular weight is 312 g/mol. The normalized spacial score (nSPS) is 11.2. The van der Waals surface area contributed by atoms with Gasteiger partial charge in [0.1, 0.15) is 13.2 Å². The fourth-order valence-corrected chi connectivity index (χ4v) is 1.43. The summed E-state index contributed by atoms with van der Waals surface area (Å²) in [5, 5.41) is 18.6. The van der Waals surface area contributed by atoms with Crippen molar-refractivity contribution in [3.8, 4) is 0 Å². The van der Waals surface area contributed by atoms with Crippen LogP contribution in [0.1, 0.15) is 12.8 Å². The van der Waals surface area contributed by atoms with Crippen LogP contribution in [0.3, 0.4) is 0 Å². The van der Waals surface area contributed by atoms with Crippen LogP contribution in [0.4, 0.5) is 0 Å². The molecule has 0 saturated heterocycles.